The Bertz CT molecular complexity index is 1690. The second kappa shape index (κ2) is 17.9. The average Bonchev–Trinajstić information content (AvgIpc) is 3.55. The number of aliphatic hydroxyl groups excluding tert-OH is 3. The molecule has 13 heteroatoms. The average molecular weight is 801 g/mol. The summed E-state index contributed by atoms with van der Waals surface area (Å²) in [4.78, 5) is 2.20. The molecule has 5 rings (SSSR count). The summed E-state index contributed by atoms with van der Waals surface area (Å²) in [7, 11) is 0. The minimum absolute atomic E-state index is 0.0896. The summed E-state index contributed by atoms with van der Waals surface area (Å²) < 4.78 is 17.8. The molecule has 2 aliphatic rings. The largest absolute Gasteiger partial charge is 0.488 e. The van der Waals surface area contributed by atoms with Gasteiger partial charge in [0, 0.05) is 60.0 Å². The first-order chi connectivity index (χ1) is 24.4. The summed E-state index contributed by atoms with van der Waals surface area (Å²) >= 11 is 34.1. The van der Waals surface area contributed by atoms with Crippen molar-refractivity contribution in [2.24, 2.45) is 0 Å². The van der Waals surface area contributed by atoms with Crippen LogP contribution in [0.4, 0.5) is 0 Å². The third kappa shape index (κ3) is 9.93. The van der Waals surface area contributed by atoms with Crippen molar-refractivity contribution in [2.75, 3.05) is 46.1 Å². The molecule has 2 atom stereocenters. The number of aliphatic hydroxyl groups is 3. The first kappa shape index (κ1) is 40.1. The van der Waals surface area contributed by atoms with Gasteiger partial charge in [0.25, 0.3) is 0 Å². The molecule has 276 valence electrons. The minimum Gasteiger partial charge on any atom is -0.488 e. The number of rotatable bonds is 17. The van der Waals surface area contributed by atoms with E-state index in [0.717, 1.165) is 25.1 Å². The molecule has 1 aliphatic carbocycles. The first-order valence-electron chi connectivity index (χ1n) is 16.7. The van der Waals surface area contributed by atoms with Crippen molar-refractivity contribution in [1.29, 1.82) is 0 Å². The monoisotopic (exact) mass is 798 g/mol. The zero-order valence-electron chi connectivity index (χ0n) is 28.3. The number of ether oxygens (including phenoxy) is 3. The Labute approximate surface area is 324 Å². The summed E-state index contributed by atoms with van der Waals surface area (Å²) in [6, 6.07) is 18.1. The zero-order valence-corrected chi connectivity index (χ0v) is 32.0. The summed E-state index contributed by atoms with van der Waals surface area (Å²) in [6.07, 6.45) is 6.69. The number of β-amino-alcohol motifs (C(OH)–C–C–N with tert-alkyl or cyclic N) is 1. The fourth-order valence-electron chi connectivity index (χ4n) is 5.93. The van der Waals surface area contributed by atoms with Gasteiger partial charge in [0.15, 0.2) is 9.93 Å². The van der Waals surface area contributed by atoms with Gasteiger partial charge in [0.05, 0.1) is 29.9 Å². The van der Waals surface area contributed by atoms with E-state index < -0.39 is 15.5 Å². The van der Waals surface area contributed by atoms with Crippen molar-refractivity contribution >= 4 is 63.6 Å². The molecule has 0 spiro atoms. The highest BCUT2D eigenvalue weighted by molar-refractivity contribution is 6.55. The van der Waals surface area contributed by atoms with E-state index in [-0.39, 0.29) is 44.1 Å². The molecule has 1 heterocycles. The van der Waals surface area contributed by atoms with E-state index in [0.29, 0.717) is 57.8 Å². The van der Waals surface area contributed by atoms with E-state index >= 15 is 0 Å². The predicted octanol–water partition coefficient (Wildman–Crippen LogP) is 7.48. The van der Waals surface area contributed by atoms with Crippen LogP contribution in [0.5, 0.6) is 11.5 Å². The lowest BCUT2D eigenvalue weighted by molar-refractivity contribution is -0.0429. The number of nitrogens with one attached hydrogen (secondary N) is 1. The van der Waals surface area contributed by atoms with Gasteiger partial charge in [-0.3, -0.25) is 0 Å². The Morgan fingerprint density at radius 2 is 1.71 bits per heavy atom. The molecule has 8 nitrogen and oxygen atoms in total. The molecule has 0 amide bonds. The fraction of sp³-hybridized carbons (Fsp3) is 0.421. The van der Waals surface area contributed by atoms with E-state index in [2.05, 4.69) is 10.2 Å². The van der Waals surface area contributed by atoms with E-state index in [1.54, 1.807) is 37.3 Å². The van der Waals surface area contributed by atoms with E-state index in [9.17, 15) is 15.3 Å². The number of hydrogen-bond donors (Lipinski definition) is 4. The zero-order chi connectivity index (χ0) is 36.6. The Morgan fingerprint density at radius 3 is 2.41 bits per heavy atom. The number of likely N-dealkylation sites (tertiary alicyclic amines) is 1. The van der Waals surface area contributed by atoms with E-state index in [1.165, 1.54) is 0 Å². The molecule has 1 unspecified atom stereocenters. The summed E-state index contributed by atoms with van der Waals surface area (Å²) in [6.45, 7) is 3.86. The van der Waals surface area contributed by atoms with Crippen LogP contribution in [-0.4, -0.2) is 87.9 Å². The van der Waals surface area contributed by atoms with Crippen LogP contribution in [0.3, 0.4) is 0 Å². The Balaban J connectivity index is 1.42. The highest BCUT2D eigenvalue weighted by atomic mass is 35.5. The quantitative estimate of drug-likeness (QED) is 0.0824. The van der Waals surface area contributed by atoms with Crippen LogP contribution in [0.2, 0.25) is 15.1 Å². The van der Waals surface area contributed by atoms with Crippen molar-refractivity contribution in [1.82, 2.24) is 10.2 Å². The fourth-order valence-corrected chi connectivity index (χ4v) is 7.23. The lowest BCUT2D eigenvalue weighted by atomic mass is 9.85. The van der Waals surface area contributed by atoms with Crippen molar-refractivity contribution in [3.05, 3.63) is 111 Å². The molecule has 4 N–H and O–H groups in total. The molecule has 0 bridgehead atoms. The lowest BCUT2D eigenvalue weighted by Crippen LogP contribution is -2.53. The number of benzene rings is 3. The highest BCUT2D eigenvalue weighted by Gasteiger charge is 2.54. The third-order valence-electron chi connectivity index (χ3n) is 9.16. The topological polar surface area (TPSA) is 104 Å². The molecule has 0 saturated carbocycles. The molecule has 51 heavy (non-hydrogen) atoms. The second-order valence-electron chi connectivity index (χ2n) is 13.1. The number of halogens is 5. The maximum Gasteiger partial charge on any atom is 0.179 e. The summed E-state index contributed by atoms with van der Waals surface area (Å²) in [5.41, 5.74) is 0.541. The van der Waals surface area contributed by atoms with Gasteiger partial charge in [0.2, 0.25) is 0 Å². The molecule has 0 aromatic heterocycles. The minimum atomic E-state index is -1.56. The van der Waals surface area contributed by atoms with Gasteiger partial charge in [-0.05, 0) is 61.2 Å². The standard InChI is InChI=1S/C38H43Cl5N2O6/c1-36(23-46,24-47)44-20-27-18-33(41)35(19-34(27)49-22-28-17-29(39)10-11-32(28)40)50-25-37(51-16-6-14-45-15-12-30(48)21-45)13-5-9-31(38(37,42)43)26-7-3-2-4-8-26/h2-5,7-11,13,17-19,30,44,46-48H,6,12,14-16,20-25H2,1H3/t30?,37-/m1/s1. The number of alkyl halides is 2. The molecule has 1 fully saturated rings. The molecular formula is C38H43Cl5N2O6. The Kier molecular flexibility index (Phi) is 14.0. The van der Waals surface area contributed by atoms with Gasteiger partial charge in [-0.25, -0.2) is 0 Å². The molecule has 0 radical (unpaired) electrons. The molecule has 3 aromatic rings. The molecule has 1 aliphatic heterocycles. The second-order valence-corrected chi connectivity index (χ2v) is 15.7. The van der Waals surface area contributed by atoms with E-state index in [4.69, 9.17) is 72.2 Å². The Hall–Kier alpha value is -2.05. The van der Waals surface area contributed by atoms with Gasteiger partial charge < -0.3 is 39.7 Å². The van der Waals surface area contributed by atoms with E-state index in [1.807, 2.05) is 48.6 Å². The summed E-state index contributed by atoms with van der Waals surface area (Å²) in [5, 5.41) is 34.1. The van der Waals surface area contributed by atoms with Crippen molar-refractivity contribution in [3.63, 3.8) is 0 Å². The van der Waals surface area contributed by atoms with Gasteiger partial charge >= 0.3 is 0 Å². The molecule has 3 aromatic carbocycles. The van der Waals surface area contributed by atoms with Crippen molar-refractivity contribution < 1.29 is 29.5 Å². The maximum absolute atomic E-state index is 9.95. The van der Waals surface area contributed by atoms with Gasteiger partial charge in [-0.15, -0.1) is 0 Å². The molecular weight excluding hydrogens is 758 g/mol. The highest BCUT2D eigenvalue weighted by Crippen LogP contribution is 2.51. The van der Waals surface area contributed by atoms with Crippen LogP contribution < -0.4 is 14.8 Å². The van der Waals surface area contributed by atoms with Crippen LogP contribution >= 0.6 is 58.0 Å². The smallest absolute Gasteiger partial charge is 0.179 e. The number of allylic oxidation sites excluding steroid dienone is 2. The molecule has 1 saturated heterocycles. The Morgan fingerprint density at radius 1 is 0.941 bits per heavy atom. The van der Waals surface area contributed by atoms with Gasteiger partial charge in [-0.1, -0.05) is 100 Å². The lowest BCUT2D eigenvalue weighted by Gasteiger charge is -2.43. The van der Waals surface area contributed by atoms with Gasteiger partial charge in [0.1, 0.15) is 24.7 Å². The van der Waals surface area contributed by atoms with Crippen LogP contribution in [0, 0.1) is 0 Å². The first-order valence-corrected chi connectivity index (χ1v) is 18.6. The normalized spacial score (nSPS) is 20.4. The van der Waals surface area contributed by atoms with Gasteiger partial charge in [-0.2, -0.15) is 0 Å². The van der Waals surface area contributed by atoms with Crippen LogP contribution in [-0.2, 0) is 17.9 Å². The SMILES string of the molecule is CC(CO)(CO)NCc1cc(Cl)c(OC[C@]2(OCCCN3CCC(O)C3)C=CC=C(c3ccccc3)C2(Cl)Cl)cc1OCc1cc(Cl)ccc1Cl. The van der Waals surface area contributed by atoms with Crippen LogP contribution in [0.1, 0.15) is 36.5 Å². The predicted molar refractivity (Wildman–Crippen MR) is 206 cm³/mol. The van der Waals surface area contributed by atoms with Crippen LogP contribution in [0.25, 0.3) is 5.57 Å². The number of nitrogens with zero attached hydrogens (tertiary/aromatic N) is 1. The van der Waals surface area contributed by atoms with Crippen LogP contribution in [0.15, 0.2) is 78.9 Å². The number of hydrogen-bond acceptors (Lipinski definition) is 8. The summed E-state index contributed by atoms with van der Waals surface area (Å²) in [5.74, 6) is 0.716. The maximum atomic E-state index is 9.95. The van der Waals surface area contributed by atoms with Crippen molar-refractivity contribution in [3.8, 4) is 11.5 Å². The third-order valence-corrected chi connectivity index (χ3v) is 11.1. The van der Waals surface area contributed by atoms with Crippen molar-refractivity contribution in [2.45, 2.75) is 54.5 Å².